The fourth-order valence-electron chi connectivity index (χ4n) is 4.31. The summed E-state index contributed by atoms with van der Waals surface area (Å²) in [6.07, 6.45) is 0.000103. The molecule has 1 unspecified atom stereocenters. The van der Waals surface area contributed by atoms with Gasteiger partial charge in [-0.25, -0.2) is 9.89 Å². The number of carbonyl (C=O) groups is 3. The number of aliphatic imine (C=N–C) groups is 2. The first-order valence-corrected chi connectivity index (χ1v) is 12.1. The van der Waals surface area contributed by atoms with Crippen LogP contribution >= 0.6 is 11.8 Å². The van der Waals surface area contributed by atoms with Crippen molar-refractivity contribution in [3.63, 3.8) is 0 Å². The number of para-hydroxylation sites is 2. The number of carbonyl (C=O) groups excluding carboxylic acids is 3. The lowest BCUT2D eigenvalue weighted by Crippen LogP contribution is -2.49. The molecule has 3 heterocycles. The van der Waals surface area contributed by atoms with Crippen molar-refractivity contribution in [3.05, 3.63) is 60.2 Å². The maximum Gasteiger partial charge on any atom is 0.259 e. The van der Waals surface area contributed by atoms with E-state index in [4.69, 9.17) is 5.73 Å². The summed E-state index contributed by atoms with van der Waals surface area (Å²) < 4.78 is 0. The highest BCUT2D eigenvalue weighted by atomic mass is 32.2. The van der Waals surface area contributed by atoms with E-state index in [0.29, 0.717) is 29.8 Å². The average molecular weight is 477 g/mol. The third kappa shape index (κ3) is 4.28. The number of hydrogen-bond donors (Lipinski definition) is 1. The molecule has 34 heavy (non-hydrogen) atoms. The Bertz CT molecular complexity index is 1190. The van der Waals surface area contributed by atoms with Crippen molar-refractivity contribution < 1.29 is 14.4 Å². The van der Waals surface area contributed by atoms with E-state index in [-0.39, 0.29) is 24.0 Å². The minimum Gasteiger partial charge on any atom is -0.369 e. The van der Waals surface area contributed by atoms with E-state index in [0.717, 1.165) is 36.1 Å². The predicted octanol–water partition coefficient (Wildman–Crippen LogP) is 1.60. The maximum atomic E-state index is 13.3. The molecule has 0 spiro atoms. The van der Waals surface area contributed by atoms with Crippen molar-refractivity contribution in [1.82, 2.24) is 9.80 Å². The molecule has 3 aliphatic heterocycles. The number of amides is 3. The summed E-state index contributed by atoms with van der Waals surface area (Å²) in [5.74, 6) is -0.441. The maximum absolute atomic E-state index is 13.3. The summed E-state index contributed by atoms with van der Waals surface area (Å²) in [5, 5.41) is 0.354. The van der Waals surface area contributed by atoms with Gasteiger partial charge in [-0.1, -0.05) is 42.1 Å². The summed E-state index contributed by atoms with van der Waals surface area (Å²) >= 11 is 1.10. The molecule has 2 N–H and O–H groups in total. The van der Waals surface area contributed by atoms with E-state index in [1.165, 1.54) is 4.90 Å². The van der Waals surface area contributed by atoms with Crippen LogP contribution in [0.25, 0.3) is 0 Å². The van der Waals surface area contributed by atoms with Crippen LogP contribution in [0, 0.1) is 0 Å². The second-order valence-electron chi connectivity index (χ2n) is 8.22. The van der Waals surface area contributed by atoms with E-state index in [2.05, 4.69) is 27.0 Å². The molecule has 1 atom stereocenters. The van der Waals surface area contributed by atoms with Crippen molar-refractivity contribution in [2.45, 2.75) is 12.5 Å². The first-order chi connectivity index (χ1) is 16.5. The Balaban J connectivity index is 1.29. The first-order valence-electron chi connectivity index (χ1n) is 11.1. The van der Waals surface area contributed by atoms with E-state index < -0.39 is 11.9 Å². The smallest absolute Gasteiger partial charge is 0.259 e. The molecular formula is C24H24N6O3S. The summed E-state index contributed by atoms with van der Waals surface area (Å²) in [7, 11) is 0. The fourth-order valence-corrected chi connectivity index (χ4v) is 5.05. The van der Waals surface area contributed by atoms with Gasteiger partial charge >= 0.3 is 0 Å². The SMILES string of the molecule is NC(=O)CSC1=Nc2ccccc2C2=NC(CC(=O)N3CCN(c4ccccc4)CC3)C(=O)N12. The fraction of sp³-hybridized carbons (Fsp3) is 0.292. The molecular weight excluding hydrogens is 452 g/mol. The molecule has 0 bridgehead atoms. The third-order valence-electron chi connectivity index (χ3n) is 6.01. The van der Waals surface area contributed by atoms with Crippen LogP contribution in [0.1, 0.15) is 12.0 Å². The van der Waals surface area contributed by atoms with Crippen molar-refractivity contribution in [2.75, 3.05) is 36.8 Å². The number of rotatable bonds is 5. The molecule has 9 nitrogen and oxygen atoms in total. The quantitative estimate of drug-likeness (QED) is 0.705. The van der Waals surface area contributed by atoms with Crippen LogP contribution < -0.4 is 10.6 Å². The van der Waals surface area contributed by atoms with Crippen molar-refractivity contribution in [2.24, 2.45) is 15.7 Å². The normalized spacial score (nSPS) is 19.4. The molecule has 0 saturated carbocycles. The minimum absolute atomic E-state index is 0.000103. The molecule has 5 rings (SSSR count). The molecule has 3 aliphatic rings. The predicted molar refractivity (Wildman–Crippen MR) is 132 cm³/mol. The number of piperazine rings is 1. The summed E-state index contributed by atoms with van der Waals surface area (Å²) in [6.45, 7) is 2.67. The number of benzene rings is 2. The molecule has 1 fully saturated rings. The van der Waals surface area contributed by atoms with Crippen molar-refractivity contribution >= 4 is 51.9 Å². The van der Waals surface area contributed by atoms with Crippen molar-refractivity contribution in [1.29, 1.82) is 0 Å². The Morgan fingerprint density at radius 2 is 1.71 bits per heavy atom. The standard InChI is InChI=1S/C24H24N6O3S/c25-20(31)15-34-24-27-18-9-5-4-8-17(18)22-26-19(23(33)30(22)24)14-21(32)29-12-10-28(11-13-29)16-6-2-1-3-7-16/h1-9,19H,10-15H2,(H2,25,31). The number of fused-ring (bicyclic) bond motifs is 3. The second-order valence-corrected chi connectivity index (χ2v) is 9.16. The van der Waals surface area contributed by atoms with Crippen molar-refractivity contribution in [3.8, 4) is 0 Å². The number of primary amides is 1. The van der Waals surface area contributed by atoms with Gasteiger partial charge in [0, 0.05) is 37.4 Å². The number of thioether (sulfide) groups is 1. The van der Waals surface area contributed by atoms with Gasteiger partial charge in [-0.15, -0.1) is 0 Å². The number of nitrogens with zero attached hydrogens (tertiary/aromatic N) is 5. The Labute approximate surface area is 201 Å². The van der Waals surface area contributed by atoms with Gasteiger partial charge in [-0.2, -0.15) is 0 Å². The lowest BCUT2D eigenvalue weighted by Gasteiger charge is -2.36. The van der Waals surface area contributed by atoms with Gasteiger partial charge in [0.25, 0.3) is 5.91 Å². The second kappa shape index (κ2) is 9.30. The molecule has 1 saturated heterocycles. The highest BCUT2D eigenvalue weighted by Gasteiger charge is 2.42. The molecule has 0 aliphatic carbocycles. The minimum atomic E-state index is -0.819. The zero-order valence-corrected chi connectivity index (χ0v) is 19.3. The van der Waals surface area contributed by atoms with E-state index in [1.54, 1.807) is 4.90 Å². The molecule has 2 aromatic rings. The number of nitrogens with two attached hydrogens (primary N) is 1. The highest BCUT2D eigenvalue weighted by molar-refractivity contribution is 8.14. The van der Waals surface area contributed by atoms with E-state index in [9.17, 15) is 14.4 Å². The van der Waals surface area contributed by atoms with Gasteiger partial charge in [0.15, 0.2) is 5.17 Å². The van der Waals surface area contributed by atoms with Crippen LogP contribution in [-0.4, -0.2) is 76.5 Å². The lowest BCUT2D eigenvalue weighted by atomic mass is 10.1. The van der Waals surface area contributed by atoms with Gasteiger partial charge in [0.05, 0.1) is 17.9 Å². The van der Waals surface area contributed by atoms with Gasteiger partial charge < -0.3 is 15.5 Å². The highest BCUT2D eigenvalue weighted by Crippen LogP contribution is 2.34. The largest absolute Gasteiger partial charge is 0.369 e. The summed E-state index contributed by atoms with van der Waals surface area (Å²) in [4.78, 5) is 52.3. The van der Waals surface area contributed by atoms with Crippen LogP contribution in [0.2, 0.25) is 0 Å². The van der Waals surface area contributed by atoms with Crippen LogP contribution in [-0.2, 0) is 14.4 Å². The Morgan fingerprint density at radius 1 is 1.00 bits per heavy atom. The molecule has 10 heteroatoms. The zero-order chi connectivity index (χ0) is 23.7. The molecule has 2 aromatic carbocycles. The topological polar surface area (TPSA) is 112 Å². The molecule has 174 valence electrons. The van der Waals surface area contributed by atoms with Crippen LogP contribution in [0.5, 0.6) is 0 Å². The third-order valence-corrected chi connectivity index (χ3v) is 6.97. The Hall–Kier alpha value is -3.66. The summed E-state index contributed by atoms with van der Waals surface area (Å²) in [6, 6.07) is 16.7. The molecule has 0 aromatic heterocycles. The van der Waals surface area contributed by atoms with Gasteiger partial charge in [0.2, 0.25) is 11.8 Å². The van der Waals surface area contributed by atoms with Gasteiger partial charge in [-0.3, -0.25) is 19.4 Å². The van der Waals surface area contributed by atoms with E-state index in [1.807, 2.05) is 42.5 Å². The lowest BCUT2D eigenvalue weighted by molar-refractivity contribution is -0.135. The molecule has 0 radical (unpaired) electrons. The zero-order valence-electron chi connectivity index (χ0n) is 18.5. The number of hydrogen-bond acceptors (Lipinski definition) is 7. The van der Waals surface area contributed by atoms with E-state index >= 15 is 0 Å². The van der Waals surface area contributed by atoms with Crippen LogP contribution in [0.3, 0.4) is 0 Å². The summed E-state index contributed by atoms with van der Waals surface area (Å²) in [5.41, 5.74) is 7.83. The number of amidine groups is 2. The van der Waals surface area contributed by atoms with Crippen LogP contribution in [0.15, 0.2) is 64.6 Å². The van der Waals surface area contributed by atoms with Crippen LogP contribution in [0.4, 0.5) is 11.4 Å². The first kappa shape index (κ1) is 22.1. The monoisotopic (exact) mass is 476 g/mol. The van der Waals surface area contributed by atoms with Gasteiger partial charge in [0.1, 0.15) is 11.9 Å². The average Bonchev–Trinajstić information content (AvgIpc) is 3.19. The van der Waals surface area contributed by atoms with Gasteiger partial charge in [-0.05, 0) is 24.3 Å². The molecule has 3 amide bonds. The number of anilines is 1. The Morgan fingerprint density at radius 3 is 2.44 bits per heavy atom. The Kier molecular flexibility index (Phi) is 6.06.